The number of halogens is 3. The summed E-state index contributed by atoms with van der Waals surface area (Å²) in [5.41, 5.74) is -2.13. The number of carbonyl (C=O) groups excluding carboxylic acids is 1. The van der Waals surface area contributed by atoms with Gasteiger partial charge < -0.3 is 0 Å². The van der Waals surface area contributed by atoms with Crippen molar-refractivity contribution in [1.29, 1.82) is 0 Å². The zero-order chi connectivity index (χ0) is 23.4. The van der Waals surface area contributed by atoms with Gasteiger partial charge in [0.2, 0.25) is 0 Å². The van der Waals surface area contributed by atoms with Crippen LogP contribution in [0.15, 0.2) is 36.7 Å². The molecule has 2 heterocycles. The van der Waals surface area contributed by atoms with Crippen LogP contribution in [0.25, 0.3) is 16.9 Å². The van der Waals surface area contributed by atoms with Gasteiger partial charge in [0, 0.05) is 29.6 Å². The summed E-state index contributed by atoms with van der Waals surface area (Å²) in [5.74, 6) is -0.913. The quantitative estimate of drug-likeness (QED) is 0.581. The number of rotatable bonds is 5. The smallest absolute Gasteiger partial charge is 0.300 e. The van der Waals surface area contributed by atoms with Gasteiger partial charge in [-0.1, -0.05) is 12.8 Å². The number of sulfonamides is 1. The molecule has 0 bridgehead atoms. The zero-order valence-electron chi connectivity index (χ0n) is 17.5. The number of aromatic nitrogens is 3. The summed E-state index contributed by atoms with van der Waals surface area (Å²) in [7, 11) is -5.80. The summed E-state index contributed by atoms with van der Waals surface area (Å²) < 4.78 is 64.3. The minimum atomic E-state index is -5.80. The molecule has 0 aliphatic heterocycles. The van der Waals surface area contributed by atoms with Gasteiger partial charge in [-0.05, 0) is 61.4 Å². The fraction of sp³-hybridized carbons (Fsp3) is 0.409. The van der Waals surface area contributed by atoms with Crippen molar-refractivity contribution in [2.24, 2.45) is 0 Å². The molecule has 3 aromatic rings. The largest absolute Gasteiger partial charge is 0.516 e. The molecular formula is C22H21F3N4O3S. The van der Waals surface area contributed by atoms with E-state index in [0.29, 0.717) is 28.3 Å². The van der Waals surface area contributed by atoms with Crippen LogP contribution in [0.3, 0.4) is 0 Å². The number of hydrogen-bond acceptors (Lipinski definition) is 5. The Hall–Kier alpha value is -2.95. The van der Waals surface area contributed by atoms with Gasteiger partial charge in [-0.25, -0.2) is 9.71 Å². The first-order chi connectivity index (χ1) is 15.6. The maximum absolute atomic E-state index is 12.8. The fourth-order valence-electron chi connectivity index (χ4n) is 4.41. The molecule has 2 aromatic heterocycles. The normalized spacial score (nSPS) is 17.5. The van der Waals surface area contributed by atoms with Crippen molar-refractivity contribution < 1.29 is 26.4 Å². The summed E-state index contributed by atoms with van der Waals surface area (Å²) >= 11 is 0. The molecule has 0 saturated heterocycles. The van der Waals surface area contributed by atoms with Gasteiger partial charge >= 0.3 is 15.5 Å². The van der Waals surface area contributed by atoms with E-state index in [1.807, 2.05) is 16.8 Å². The van der Waals surface area contributed by atoms with E-state index in [1.54, 1.807) is 18.3 Å². The third kappa shape index (κ3) is 4.09. The first kappa shape index (κ1) is 21.9. The van der Waals surface area contributed by atoms with Crippen LogP contribution in [0, 0.1) is 0 Å². The van der Waals surface area contributed by atoms with Crippen molar-refractivity contribution in [3.63, 3.8) is 0 Å². The average molecular weight is 478 g/mol. The molecule has 2 aliphatic rings. The van der Waals surface area contributed by atoms with Crippen molar-refractivity contribution in [2.75, 3.05) is 0 Å². The maximum Gasteiger partial charge on any atom is 0.516 e. The Labute approximate surface area is 188 Å². The first-order valence-electron chi connectivity index (χ1n) is 10.8. The monoisotopic (exact) mass is 478 g/mol. The van der Waals surface area contributed by atoms with E-state index in [0.717, 1.165) is 44.2 Å². The van der Waals surface area contributed by atoms with Crippen LogP contribution in [-0.2, 0) is 10.0 Å². The molecule has 2 aliphatic carbocycles. The topological polar surface area (TPSA) is 94.0 Å². The van der Waals surface area contributed by atoms with Crippen molar-refractivity contribution in [1.82, 2.24) is 19.3 Å². The molecule has 2 saturated carbocycles. The Morgan fingerprint density at radius 2 is 1.79 bits per heavy atom. The number of hydrogen-bond donors (Lipinski definition) is 1. The molecule has 5 rings (SSSR count). The molecule has 1 N–H and O–H groups in total. The van der Waals surface area contributed by atoms with Gasteiger partial charge in [-0.2, -0.15) is 21.6 Å². The van der Waals surface area contributed by atoms with E-state index in [4.69, 9.17) is 4.98 Å². The number of nitrogens with one attached hydrogen (secondary N) is 1. The van der Waals surface area contributed by atoms with Gasteiger partial charge in [0.15, 0.2) is 5.65 Å². The molecule has 174 valence electrons. The van der Waals surface area contributed by atoms with Gasteiger partial charge in [0.25, 0.3) is 5.91 Å². The average Bonchev–Trinajstić information content (AvgIpc) is 3.30. The Morgan fingerprint density at radius 1 is 1.06 bits per heavy atom. The minimum Gasteiger partial charge on any atom is -0.300 e. The van der Waals surface area contributed by atoms with Crippen LogP contribution in [0.4, 0.5) is 13.2 Å². The van der Waals surface area contributed by atoms with Gasteiger partial charge in [0.05, 0.1) is 5.69 Å². The van der Waals surface area contributed by atoms with E-state index in [1.165, 1.54) is 10.8 Å². The fourth-order valence-corrected chi connectivity index (χ4v) is 4.88. The molecule has 0 unspecified atom stereocenters. The highest BCUT2D eigenvalue weighted by Gasteiger charge is 2.47. The summed E-state index contributed by atoms with van der Waals surface area (Å²) in [5, 5.41) is 0. The second-order valence-electron chi connectivity index (χ2n) is 8.60. The second kappa shape index (κ2) is 7.82. The lowest BCUT2D eigenvalue weighted by Crippen LogP contribution is -2.40. The van der Waals surface area contributed by atoms with Crippen molar-refractivity contribution in [2.45, 2.75) is 55.9 Å². The molecule has 0 atom stereocenters. The molecule has 11 heteroatoms. The summed E-state index contributed by atoms with van der Waals surface area (Å²) in [4.78, 5) is 21.8. The zero-order valence-corrected chi connectivity index (χ0v) is 18.3. The lowest BCUT2D eigenvalue weighted by Gasteiger charge is -2.18. The number of amides is 1. The number of alkyl halides is 3. The van der Waals surface area contributed by atoms with Crippen LogP contribution < -0.4 is 4.72 Å². The predicted molar refractivity (Wildman–Crippen MR) is 114 cm³/mol. The van der Waals surface area contributed by atoms with E-state index >= 15 is 0 Å². The molecule has 33 heavy (non-hydrogen) atoms. The minimum absolute atomic E-state index is 0.0470. The van der Waals surface area contributed by atoms with Gasteiger partial charge in [0.1, 0.15) is 5.52 Å². The van der Waals surface area contributed by atoms with Crippen LogP contribution in [-0.4, -0.2) is 34.4 Å². The Kier molecular flexibility index (Phi) is 5.19. The highest BCUT2D eigenvalue weighted by Crippen LogP contribution is 2.40. The lowest BCUT2D eigenvalue weighted by atomic mass is 9.92. The maximum atomic E-state index is 12.8. The number of nitrogens with zero attached hydrogens (tertiary/aromatic N) is 3. The highest BCUT2D eigenvalue weighted by atomic mass is 32.2. The molecule has 0 spiro atoms. The van der Waals surface area contributed by atoms with E-state index in [2.05, 4.69) is 4.98 Å². The van der Waals surface area contributed by atoms with Crippen LogP contribution in [0.5, 0.6) is 0 Å². The number of benzene rings is 1. The van der Waals surface area contributed by atoms with Crippen LogP contribution >= 0.6 is 0 Å². The van der Waals surface area contributed by atoms with Crippen LogP contribution in [0.1, 0.15) is 72.0 Å². The summed E-state index contributed by atoms with van der Waals surface area (Å²) in [6.45, 7) is 0. The number of carbonyl (C=O) groups is 1. The highest BCUT2D eigenvalue weighted by molar-refractivity contribution is 7.90. The molecular weight excluding hydrogens is 457 g/mol. The summed E-state index contributed by atoms with van der Waals surface area (Å²) in [6, 6.07) is 6.54. The van der Waals surface area contributed by atoms with Crippen molar-refractivity contribution in [3.05, 3.63) is 53.5 Å². The second-order valence-corrected chi connectivity index (χ2v) is 10.3. The lowest BCUT2D eigenvalue weighted by molar-refractivity contribution is -0.0446. The Balaban J connectivity index is 1.56. The third-order valence-corrected chi connectivity index (χ3v) is 7.35. The van der Waals surface area contributed by atoms with Crippen molar-refractivity contribution in [3.8, 4) is 5.69 Å². The summed E-state index contributed by atoms with van der Waals surface area (Å²) in [6.07, 6.45) is 9.15. The van der Waals surface area contributed by atoms with Gasteiger partial charge in [-0.15, -0.1) is 0 Å². The predicted octanol–water partition coefficient (Wildman–Crippen LogP) is 4.53. The standard InChI is InChI=1S/C22H21F3N4O3S/c23-22(24,25)33(31,32)28-21(30)16-8-7-15(11-17(16)13-3-1-2-4-13)29-10-9-18-20(29)27-19(12-26-18)14-5-6-14/h7-14H,1-6H2,(H,28,30). The number of fused-ring (bicyclic) bond motifs is 1. The molecule has 2 fully saturated rings. The first-order valence-corrected chi connectivity index (χ1v) is 12.2. The van der Waals surface area contributed by atoms with Crippen molar-refractivity contribution >= 4 is 27.1 Å². The molecule has 1 aromatic carbocycles. The SMILES string of the molecule is O=C(NS(=O)(=O)C(F)(F)F)c1ccc(-n2ccc3ncc(C4CC4)nc32)cc1C1CCCC1. The van der Waals surface area contributed by atoms with Crippen LogP contribution in [0.2, 0.25) is 0 Å². The van der Waals surface area contributed by atoms with Gasteiger partial charge in [-0.3, -0.25) is 14.3 Å². The van der Waals surface area contributed by atoms with E-state index < -0.39 is 21.4 Å². The van der Waals surface area contributed by atoms with E-state index in [-0.39, 0.29) is 11.5 Å². The molecule has 0 radical (unpaired) electrons. The van der Waals surface area contributed by atoms with E-state index in [9.17, 15) is 26.4 Å². The molecule has 7 nitrogen and oxygen atoms in total. The Morgan fingerprint density at radius 3 is 2.45 bits per heavy atom. The Bertz CT molecular complexity index is 1340. The molecule has 1 amide bonds. The third-order valence-electron chi connectivity index (χ3n) is 6.29.